The van der Waals surface area contributed by atoms with Crippen molar-refractivity contribution < 1.29 is 4.79 Å². The fraction of sp³-hybridized carbons (Fsp3) is 0.250. The van der Waals surface area contributed by atoms with E-state index in [1.807, 2.05) is 43.4 Å². The number of para-hydroxylation sites is 1. The monoisotopic (exact) mass is 351 g/mol. The molecule has 5 heteroatoms. The average Bonchev–Trinajstić information content (AvgIpc) is 3.47. The second kappa shape index (κ2) is 6.45. The maximum absolute atomic E-state index is 13.0. The highest BCUT2D eigenvalue weighted by atomic mass is 35.5. The molecule has 4 nitrogen and oxygen atoms in total. The molecule has 3 aromatic rings. The third-order valence-electron chi connectivity index (χ3n) is 4.69. The highest BCUT2D eigenvalue weighted by Crippen LogP contribution is 2.43. The molecular weight excluding hydrogens is 334 g/mol. The summed E-state index contributed by atoms with van der Waals surface area (Å²) in [5.74, 6) is 0.359. The van der Waals surface area contributed by atoms with Crippen LogP contribution in [0.2, 0.25) is 5.02 Å². The number of benzene rings is 1. The minimum absolute atomic E-state index is 0.0163. The predicted molar refractivity (Wildman–Crippen MR) is 98.5 cm³/mol. The zero-order valence-corrected chi connectivity index (χ0v) is 14.6. The van der Waals surface area contributed by atoms with Crippen molar-refractivity contribution in [1.29, 1.82) is 0 Å². The van der Waals surface area contributed by atoms with Gasteiger partial charge in [-0.15, -0.1) is 0 Å². The molecule has 2 aromatic heterocycles. The van der Waals surface area contributed by atoms with E-state index in [0.717, 1.165) is 23.9 Å². The van der Waals surface area contributed by atoms with Crippen molar-refractivity contribution in [2.75, 3.05) is 7.05 Å². The number of nitrogens with zero attached hydrogens (tertiary/aromatic N) is 3. The highest BCUT2D eigenvalue weighted by molar-refractivity contribution is 6.35. The largest absolute Gasteiger partial charge is 0.331 e. The third-order valence-corrected chi connectivity index (χ3v) is 4.99. The Morgan fingerprint density at radius 1 is 1.16 bits per heavy atom. The van der Waals surface area contributed by atoms with E-state index in [-0.39, 0.29) is 11.9 Å². The molecule has 1 aliphatic carbocycles. The second-order valence-corrected chi connectivity index (χ2v) is 6.87. The average molecular weight is 352 g/mol. The van der Waals surface area contributed by atoms with Crippen LogP contribution in [0.1, 0.15) is 35.1 Å². The normalized spacial score (nSPS) is 15.1. The number of amides is 1. The molecule has 1 amide bonds. The standard InChI is InChI=1S/C20H18ClN3O/c1-24(19(14-8-9-14)16-7-2-3-12-22-16)20(25)17-11-10-13-5-4-6-15(21)18(13)23-17/h2-7,10-12,14,19H,8-9H2,1H3/t19-/m1/s1. The molecule has 0 N–H and O–H groups in total. The third kappa shape index (κ3) is 3.10. The molecule has 1 saturated carbocycles. The minimum Gasteiger partial charge on any atom is -0.331 e. The van der Waals surface area contributed by atoms with Crippen LogP contribution < -0.4 is 0 Å². The lowest BCUT2D eigenvalue weighted by Crippen LogP contribution is -2.33. The predicted octanol–water partition coefficient (Wildman–Crippen LogP) is 4.51. The number of aromatic nitrogens is 2. The summed E-state index contributed by atoms with van der Waals surface area (Å²) in [6.07, 6.45) is 4.02. The van der Waals surface area contributed by atoms with Crippen LogP contribution in [0.4, 0.5) is 0 Å². The Labute approximate surface area is 151 Å². The summed E-state index contributed by atoms with van der Waals surface area (Å²) >= 11 is 6.23. The van der Waals surface area contributed by atoms with Gasteiger partial charge in [0.05, 0.1) is 22.3 Å². The first kappa shape index (κ1) is 16.0. The molecule has 1 aliphatic rings. The summed E-state index contributed by atoms with van der Waals surface area (Å²) in [6.45, 7) is 0. The molecule has 0 aliphatic heterocycles. The SMILES string of the molecule is CN(C(=O)c1ccc2cccc(Cl)c2n1)[C@@H](c1ccccn1)C1CC1. The fourth-order valence-electron chi connectivity index (χ4n) is 3.26. The van der Waals surface area contributed by atoms with Gasteiger partial charge < -0.3 is 4.90 Å². The van der Waals surface area contributed by atoms with Gasteiger partial charge in [-0.25, -0.2) is 4.98 Å². The molecule has 0 spiro atoms. The Morgan fingerprint density at radius 3 is 2.72 bits per heavy atom. The lowest BCUT2D eigenvalue weighted by molar-refractivity contribution is 0.0701. The van der Waals surface area contributed by atoms with Crippen molar-refractivity contribution >= 4 is 28.4 Å². The lowest BCUT2D eigenvalue weighted by atomic mass is 10.1. The molecule has 0 unspecified atom stereocenters. The van der Waals surface area contributed by atoms with E-state index in [2.05, 4.69) is 9.97 Å². The minimum atomic E-state index is -0.107. The van der Waals surface area contributed by atoms with Gasteiger partial charge in [-0.1, -0.05) is 35.9 Å². The Balaban J connectivity index is 1.68. The van der Waals surface area contributed by atoms with Crippen LogP contribution in [0.5, 0.6) is 0 Å². The van der Waals surface area contributed by atoms with Crippen LogP contribution in [0.3, 0.4) is 0 Å². The van der Waals surface area contributed by atoms with Gasteiger partial charge in [-0.05, 0) is 43.0 Å². The van der Waals surface area contributed by atoms with E-state index in [1.165, 1.54) is 0 Å². The Kier molecular flexibility index (Phi) is 4.14. The summed E-state index contributed by atoms with van der Waals surface area (Å²) in [6, 6.07) is 15.1. The van der Waals surface area contributed by atoms with Gasteiger partial charge in [0.1, 0.15) is 5.69 Å². The number of carbonyl (C=O) groups is 1. The Hall–Kier alpha value is -2.46. The maximum Gasteiger partial charge on any atom is 0.272 e. The number of rotatable bonds is 4. The van der Waals surface area contributed by atoms with Crippen LogP contribution in [-0.2, 0) is 0 Å². The quantitative estimate of drug-likeness (QED) is 0.695. The molecule has 4 rings (SSSR count). The van der Waals surface area contributed by atoms with Gasteiger partial charge in [0, 0.05) is 18.6 Å². The molecule has 1 aromatic carbocycles. The molecule has 25 heavy (non-hydrogen) atoms. The summed E-state index contributed by atoms with van der Waals surface area (Å²) < 4.78 is 0. The van der Waals surface area contributed by atoms with Crippen LogP contribution in [-0.4, -0.2) is 27.8 Å². The van der Waals surface area contributed by atoms with Crippen LogP contribution in [0, 0.1) is 5.92 Å². The number of fused-ring (bicyclic) bond motifs is 1. The molecule has 0 radical (unpaired) electrons. The summed E-state index contributed by atoms with van der Waals surface area (Å²) in [5, 5.41) is 1.48. The van der Waals surface area contributed by atoms with E-state index in [0.29, 0.717) is 22.2 Å². The van der Waals surface area contributed by atoms with Crippen molar-refractivity contribution in [3.63, 3.8) is 0 Å². The first-order chi connectivity index (χ1) is 12.1. The van der Waals surface area contributed by atoms with Crippen molar-refractivity contribution in [1.82, 2.24) is 14.9 Å². The molecule has 1 atom stereocenters. The van der Waals surface area contributed by atoms with Crippen LogP contribution in [0.25, 0.3) is 10.9 Å². The first-order valence-corrected chi connectivity index (χ1v) is 8.76. The molecule has 2 heterocycles. The number of pyridine rings is 2. The fourth-order valence-corrected chi connectivity index (χ4v) is 3.48. The van der Waals surface area contributed by atoms with E-state index >= 15 is 0 Å². The lowest BCUT2D eigenvalue weighted by Gasteiger charge is -2.27. The zero-order chi connectivity index (χ0) is 17.4. The summed E-state index contributed by atoms with van der Waals surface area (Å²) in [5.41, 5.74) is 1.99. The Morgan fingerprint density at radius 2 is 2.00 bits per heavy atom. The van der Waals surface area contributed by atoms with Gasteiger partial charge in [0.2, 0.25) is 0 Å². The van der Waals surface area contributed by atoms with Gasteiger partial charge >= 0.3 is 0 Å². The smallest absolute Gasteiger partial charge is 0.272 e. The van der Waals surface area contributed by atoms with Crippen molar-refractivity contribution in [2.24, 2.45) is 5.92 Å². The number of hydrogen-bond donors (Lipinski definition) is 0. The van der Waals surface area contributed by atoms with Gasteiger partial charge in [0.25, 0.3) is 5.91 Å². The van der Waals surface area contributed by atoms with Crippen molar-refractivity contribution in [3.05, 3.63) is 71.1 Å². The molecule has 0 saturated heterocycles. The number of carbonyl (C=O) groups excluding carboxylic acids is 1. The summed E-state index contributed by atoms with van der Waals surface area (Å²) in [7, 11) is 1.83. The van der Waals surface area contributed by atoms with Crippen molar-refractivity contribution in [2.45, 2.75) is 18.9 Å². The molecular formula is C20H18ClN3O. The van der Waals surface area contributed by atoms with Crippen molar-refractivity contribution in [3.8, 4) is 0 Å². The van der Waals surface area contributed by atoms with Gasteiger partial charge in [-0.3, -0.25) is 9.78 Å². The topological polar surface area (TPSA) is 46.1 Å². The van der Waals surface area contributed by atoms with E-state index in [4.69, 9.17) is 11.6 Å². The highest BCUT2D eigenvalue weighted by Gasteiger charge is 2.38. The van der Waals surface area contributed by atoms with Gasteiger partial charge in [0.15, 0.2) is 0 Å². The maximum atomic E-state index is 13.0. The van der Waals surface area contributed by atoms with E-state index < -0.39 is 0 Å². The van der Waals surface area contributed by atoms with E-state index in [1.54, 1.807) is 23.2 Å². The second-order valence-electron chi connectivity index (χ2n) is 6.46. The first-order valence-electron chi connectivity index (χ1n) is 8.38. The molecule has 1 fully saturated rings. The van der Waals surface area contributed by atoms with E-state index in [9.17, 15) is 4.79 Å². The molecule has 0 bridgehead atoms. The van der Waals surface area contributed by atoms with Crippen LogP contribution >= 0.6 is 11.6 Å². The van der Waals surface area contributed by atoms with Gasteiger partial charge in [-0.2, -0.15) is 0 Å². The number of halogens is 1. The summed E-state index contributed by atoms with van der Waals surface area (Å²) in [4.78, 5) is 23.8. The molecule has 126 valence electrons. The number of hydrogen-bond acceptors (Lipinski definition) is 3. The van der Waals surface area contributed by atoms with Crippen LogP contribution in [0.15, 0.2) is 54.7 Å². The zero-order valence-electron chi connectivity index (χ0n) is 13.9. The Bertz CT molecular complexity index is 925.